The van der Waals surface area contributed by atoms with Crippen molar-refractivity contribution in [1.29, 1.82) is 0 Å². The molecule has 0 spiro atoms. The van der Waals surface area contributed by atoms with Crippen molar-refractivity contribution in [3.63, 3.8) is 0 Å². The average Bonchev–Trinajstić information content (AvgIpc) is 3.16. The molecule has 1 atom stereocenters. The maximum Gasteiger partial charge on any atom is 0.269 e. The second-order valence-corrected chi connectivity index (χ2v) is 8.08. The largest absolute Gasteiger partial charge is 0.336 e. The maximum atomic E-state index is 12.6. The van der Waals surface area contributed by atoms with Crippen LogP contribution in [0.4, 0.5) is 0 Å². The van der Waals surface area contributed by atoms with Gasteiger partial charge in [-0.05, 0) is 17.3 Å². The molecule has 1 saturated heterocycles. The first kappa shape index (κ1) is 16.8. The Bertz CT molecular complexity index is 740. The summed E-state index contributed by atoms with van der Waals surface area (Å²) in [5, 5.41) is 13.7. The summed E-state index contributed by atoms with van der Waals surface area (Å²) >= 11 is 0. The Morgan fingerprint density at radius 1 is 1.21 bits per heavy atom. The fraction of sp³-hybridized carbons (Fsp3) is 0.429. The summed E-state index contributed by atoms with van der Waals surface area (Å²) in [4.78, 5) is 14.3. The number of carbonyl (C=O) groups is 1. The normalized spacial score (nSPS) is 18.3. The quantitative estimate of drug-likeness (QED) is 0.823. The van der Waals surface area contributed by atoms with E-state index >= 15 is 0 Å². The first-order valence-corrected chi connectivity index (χ1v) is 9.55. The Morgan fingerprint density at radius 2 is 1.88 bits per heavy atom. The third kappa shape index (κ3) is 3.38. The highest BCUT2D eigenvalue weighted by Crippen LogP contribution is 2.46. The molecule has 128 valence electrons. The Balaban J connectivity index is 1.64. The van der Waals surface area contributed by atoms with Crippen LogP contribution < -0.4 is 0 Å². The molecule has 24 heavy (non-hydrogen) atoms. The number of nitrogens with one attached hydrogen (secondary N) is 1. The van der Waals surface area contributed by atoms with Crippen LogP contribution in [0.15, 0.2) is 24.3 Å². The highest BCUT2D eigenvalue weighted by molar-refractivity contribution is 7.55. The lowest BCUT2D eigenvalue weighted by molar-refractivity contribution is 0.0689. The molecule has 1 aromatic heterocycles. The molecule has 1 aliphatic rings. The molecule has 10 heteroatoms. The van der Waals surface area contributed by atoms with E-state index in [-0.39, 0.29) is 5.91 Å². The number of aromatic amines is 1. The van der Waals surface area contributed by atoms with Gasteiger partial charge in [0.2, 0.25) is 5.82 Å². The van der Waals surface area contributed by atoms with Gasteiger partial charge in [0, 0.05) is 51.1 Å². The smallest absolute Gasteiger partial charge is 0.269 e. The van der Waals surface area contributed by atoms with Crippen LogP contribution in [0.3, 0.4) is 0 Å². The van der Waals surface area contributed by atoms with E-state index in [4.69, 9.17) is 4.52 Å². The molecule has 1 aromatic carbocycles. The van der Waals surface area contributed by atoms with Gasteiger partial charge < -0.3 is 9.42 Å². The van der Waals surface area contributed by atoms with Gasteiger partial charge in [0.15, 0.2) is 0 Å². The second kappa shape index (κ2) is 6.80. The molecule has 0 aliphatic carbocycles. The zero-order chi connectivity index (χ0) is 17.2. The Hall–Kier alpha value is -2.09. The number of aromatic nitrogens is 4. The van der Waals surface area contributed by atoms with Crippen molar-refractivity contribution in [2.45, 2.75) is 0 Å². The second-order valence-electron chi connectivity index (χ2n) is 5.54. The molecule has 9 nitrogen and oxygen atoms in total. The highest BCUT2D eigenvalue weighted by atomic mass is 31.2. The van der Waals surface area contributed by atoms with Gasteiger partial charge in [-0.3, -0.25) is 9.36 Å². The van der Waals surface area contributed by atoms with Crippen LogP contribution in [-0.2, 0) is 9.09 Å². The van der Waals surface area contributed by atoms with Crippen molar-refractivity contribution in [2.24, 2.45) is 0 Å². The standard InChI is InChI=1S/C14H19N6O3P/c1-23-24(2,22)20-9-7-19(8-10-20)14(21)12-5-3-11(4-6-12)13-15-17-18-16-13/h3-6H,7-10H2,1-2H3,(H,15,16,17,18). The lowest BCUT2D eigenvalue weighted by atomic mass is 10.1. The molecule has 1 fully saturated rings. The van der Waals surface area contributed by atoms with E-state index in [9.17, 15) is 9.36 Å². The van der Waals surface area contributed by atoms with E-state index in [2.05, 4.69) is 20.6 Å². The number of carbonyl (C=O) groups excluding carboxylic acids is 1. The van der Waals surface area contributed by atoms with Crippen LogP contribution in [-0.4, -0.2) is 76.1 Å². The topological polar surface area (TPSA) is 104 Å². The molecule has 1 N–H and O–H groups in total. The van der Waals surface area contributed by atoms with Crippen molar-refractivity contribution in [1.82, 2.24) is 30.2 Å². The van der Waals surface area contributed by atoms with Gasteiger partial charge in [-0.1, -0.05) is 12.1 Å². The average molecular weight is 350 g/mol. The molecule has 3 rings (SSSR count). The number of benzene rings is 1. The van der Waals surface area contributed by atoms with Crippen molar-refractivity contribution in [2.75, 3.05) is 40.0 Å². The van der Waals surface area contributed by atoms with Gasteiger partial charge in [-0.25, -0.2) is 4.67 Å². The molecule has 1 unspecified atom stereocenters. The molecule has 0 saturated carbocycles. The highest BCUT2D eigenvalue weighted by Gasteiger charge is 2.30. The number of amides is 1. The zero-order valence-corrected chi connectivity index (χ0v) is 14.4. The lowest BCUT2D eigenvalue weighted by Gasteiger charge is -2.36. The van der Waals surface area contributed by atoms with E-state index in [0.717, 1.165) is 5.56 Å². The van der Waals surface area contributed by atoms with Gasteiger partial charge in [0.1, 0.15) is 0 Å². The van der Waals surface area contributed by atoms with E-state index in [1.54, 1.807) is 40.5 Å². The number of piperazine rings is 1. The number of hydrogen-bond acceptors (Lipinski definition) is 6. The minimum atomic E-state index is -2.74. The third-order valence-corrected chi connectivity index (χ3v) is 6.24. The first-order chi connectivity index (χ1) is 11.5. The summed E-state index contributed by atoms with van der Waals surface area (Å²) in [6.45, 7) is 3.71. The van der Waals surface area contributed by atoms with Gasteiger partial charge in [-0.2, -0.15) is 5.21 Å². The number of nitrogens with zero attached hydrogens (tertiary/aromatic N) is 5. The monoisotopic (exact) mass is 350 g/mol. The number of hydrogen-bond donors (Lipinski definition) is 1. The van der Waals surface area contributed by atoms with E-state index < -0.39 is 7.52 Å². The lowest BCUT2D eigenvalue weighted by Crippen LogP contribution is -2.47. The van der Waals surface area contributed by atoms with Crippen molar-refractivity contribution in [3.05, 3.63) is 29.8 Å². The summed E-state index contributed by atoms with van der Waals surface area (Å²) < 4.78 is 19.1. The molecule has 2 heterocycles. The van der Waals surface area contributed by atoms with Gasteiger partial charge in [-0.15, -0.1) is 10.2 Å². The number of rotatable bonds is 4. The van der Waals surface area contributed by atoms with E-state index in [0.29, 0.717) is 37.6 Å². The molecular weight excluding hydrogens is 331 g/mol. The van der Waals surface area contributed by atoms with Gasteiger partial charge in [0.25, 0.3) is 13.4 Å². The van der Waals surface area contributed by atoms with Crippen molar-refractivity contribution >= 4 is 13.4 Å². The fourth-order valence-corrected chi connectivity index (χ4v) is 3.74. The molecule has 0 bridgehead atoms. The van der Waals surface area contributed by atoms with Crippen LogP contribution in [0.1, 0.15) is 10.4 Å². The molecule has 0 radical (unpaired) electrons. The summed E-state index contributed by atoms with van der Waals surface area (Å²) in [5.74, 6) is 0.443. The van der Waals surface area contributed by atoms with Crippen LogP contribution >= 0.6 is 7.52 Å². The summed E-state index contributed by atoms with van der Waals surface area (Å²) in [5.41, 5.74) is 1.39. The summed E-state index contributed by atoms with van der Waals surface area (Å²) in [7, 11) is -1.29. The minimum absolute atomic E-state index is 0.0438. The third-order valence-electron chi connectivity index (χ3n) is 4.13. The van der Waals surface area contributed by atoms with Crippen molar-refractivity contribution < 1.29 is 13.9 Å². The maximum absolute atomic E-state index is 12.6. The fourth-order valence-electron chi connectivity index (χ4n) is 2.61. The number of tetrazole rings is 1. The molecule has 1 aliphatic heterocycles. The SMILES string of the molecule is COP(C)(=O)N1CCN(C(=O)c2ccc(-c3nn[nH]n3)cc2)CC1. The molecular formula is C14H19N6O3P. The van der Waals surface area contributed by atoms with Gasteiger partial charge in [0.05, 0.1) is 0 Å². The molecule has 2 aromatic rings. The van der Waals surface area contributed by atoms with Crippen LogP contribution in [0, 0.1) is 0 Å². The zero-order valence-electron chi connectivity index (χ0n) is 13.5. The predicted molar refractivity (Wildman–Crippen MR) is 87.6 cm³/mol. The Labute approximate surface area is 139 Å². The van der Waals surface area contributed by atoms with Crippen LogP contribution in [0.25, 0.3) is 11.4 Å². The van der Waals surface area contributed by atoms with E-state index in [1.807, 2.05) is 0 Å². The first-order valence-electron chi connectivity index (χ1n) is 7.53. The minimum Gasteiger partial charge on any atom is -0.336 e. The molecule has 1 amide bonds. The van der Waals surface area contributed by atoms with Gasteiger partial charge >= 0.3 is 0 Å². The summed E-state index contributed by atoms with van der Waals surface area (Å²) in [6, 6.07) is 7.08. The number of H-pyrrole nitrogens is 1. The van der Waals surface area contributed by atoms with Crippen LogP contribution in [0.2, 0.25) is 0 Å². The van der Waals surface area contributed by atoms with E-state index in [1.165, 1.54) is 7.11 Å². The predicted octanol–water partition coefficient (Wildman–Crippen LogP) is 1.09. The van der Waals surface area contributed by atoms with Crippen LogP contribution in [0.5, 0.6) is 0 Å². The Morgan fingerprint density at radius 3 is 2.42 bits per heavy atom. The Kier molecular flexibility index (Phi) is 4.75. The van der Waals surface area contributed by atoms with Crippen molar-refractivity contribution in [3.8, 4) is 11.4 Å². The summed E-state index contributed by atoms with van der Waals surface area (Å²) in [6.07, 6.45) is 0.